The molecule has 1 aromatic heterocycles. The Morgan fingerprint density at radius 1 is 1.17 bits per heavy atom. The number of rotatable bonds is 10. The molecular weight excluding hydrogens is 440 g/mol. The lowest BCUT2D eigenvalue weighted by Crippen LogP contribution is -2.19. The minimum Gasteiger partial charge on any atom is -0.504 e. The molecule has 0 saturated carbocycles. The molecule has 2 N–H and O–H groups in total. The van der Waals surface area contributed by atoms with Crippen LogP contribution in [0.15, 0.2) is 62.3 Å². The predicted octanol–water partition coefficient (Wildman–Crippen LogP) is 4.18. The van der Waals surface area contributed by atoms with E-state index in [0.29, 0.717) is 17.9 Å². The second-order valence-corrected chi connectivity index (χ2v) is 9.24. The van der Waals surface area contributed by atoms with Crippen molar-refractivity contribution < 1.29 is 14.6 Å². The third-order valence-corrected chi connectivity index (χ3v) is 6.90. The molecule has 10 heteroatoms. The molecule has 0 bridgehead atoms. The van der Waals surface area contributed by atoms with E-state index in [4.69, 9.17) is 4.74 Å². The minimum absolute atomic E-state index is 0.0129. The Labute approximate surface area is 187 Å². The first kappa shape index (κ1) is 22.1. The standard InChI is InChI=1S/C20H20N4O3S3/c1-2-27-16-10-6-9-15(18(16)26)11-21-22-17(25)13-29-20-24-23-19(30-20)28-12-14-7-4-3-5-8-14/h3-11,26H,2,12-13H2,1H3,(H,22,25)/b21-11-. The molecule has 30 heavy (non-hydrogen) atoms. The SMILES string of the molecule is CCOc1cccc(/C=N\NC(=O)CSc2nnc(SCc3ccccc3)s2)c1O. The molecular formula is C20H20N4O3S3. The van der Waals surface area contributed by atoms with E-state index in [-0.39, 0.29) is 17.4 Å². The zero-order valence-electron chi connectivity index (χ0n) is 16.1. The number of aromatic hydroxyl groups is 1. The molecule has 2 aromatic carbocycles. The summed E-state index contributed by atoms with van der Waals surface area (Å²) in [4.78, 5) is 12.0. The molecule has 0 aliphatic carbocycles. The molecule has 0 aliphatic heterocycles. The molecule has 0 spiro atoms. The molecule has 0 radical (unpaired) electrons. The summed E-state index contributed by atoms with van der Waals surface area (Å²) in [5.41, 5.74) is 4.12. The van der Waals surface area contributed by atoms with Crippen molar-refractivity contribution in [2.45, 2.75) is 21.4 Å². The highest BCUT2D eigenvalue weighted by Crippen LogP contribution is 2.31. The van der Waals surface area contributed by atoms with Crippen molar-refractivity contribution in [3.63, 3.8) is 0 Å². The summed E-state index contributed by atoms with van der Waals surface area (Å²) >= 11 is 4.39. The number of hydrogen-bond donors (Lipinski definition) is 2. The van der Waals surface area contributed by atoms with Crippen LogP contribution < -0.4 is 10.2 Å². The van der Waals surface area contributed by atoms with Crippen LogP contribution in [0.3, 0.4) is 0 Å². The highest BCUT2D eigenvalue weighted by atomic mass is 32.2. The predicted molar refractivity (Wildman–Crippen MR) is 122 cm³/mol. The van der Waals surface area contributed by atoms with E-state index in [1.807, 2.05) is 25.1 Å². The van der Waals surface area contributed by atoms with Crippen LogP contribution in [-0.2, 0) is 10.5 Å². The van der Waals surface area contributed by atoms with E-state index in [1.165, 1.54) is 34.9 Å². The summed E-state index contributed by atoms with van der Waals surface area (Å²) in [6.07, 6.45) is 1.38. The summed E-state index contributed by atoms with van der Waals surface area (Å²) in [5.74, 6) is 1.08. The summed E-state index contributed by atoms with van der Waals surface area (Å²) < 4.78 is 6.91. The molecule has 1 heterocycles. The summed E-state index contributed by atoms with van der Waals surface area (Å²) in [7, 11) is 0. The third kappa shape index (κ3) is 6.75. The molecule has 0 unspecified atom stereocenters. The van der Waals surface area contributed by atoms with Crippen LogP contribution in [0.25, 0.3) is 0 Å². The van der Waals surface area contributed by atoms with E-state index in [1.54, 1.807) is 30.0 Å². The fourth-order valence-corrected chi connectivity index (χ4v) is 5.05. The number of carbonyl (C=O) groups excluding carboxylic acids is 1. The largest absolute Gasteiger partial charge is 0.504 e. The number of amides is 1. The number of phenols is 1. The van der Waals surface area contributed by atoms with Crippen molar-refractivity contribution in [3.8, 4) is 11.5 Å². The van der Waals surface area contributed by atoms with Crippen LogP contribution in [0.2, 0.25) is 0 Å². The molecule has 0 fully saturated rings. The van der Waals surface area contributed by atoms with Gasteiger partial charge in [0.25, 0.3) is 5.91 Å². The Balaban J connectivity index is 1.43. The molecule has 1 amide bonds. The van der Waals surface area contributed by atoms with Crippen LogP contribution in [0.5, 0.6) is 11.5 Å². The fourth-order valence-electron chi connectivity index (χ4n) is 2.28. The zero-order chi connectivity index (χ0) is 21.2. The van der Waals surface area contributed by atoms with Gasteiger partial charge in [0.1, 0.15) is 0 Å². The summed E-state index contributed by atoms with van der Waals surface area (Å²) in [5, 5.41) is 22.3. The van der Waals surface area contributed by atoms with Crippen LogP contribution in [-0.4, -0.2) is 39.8 Å². The lowest BCUT2D eigenvalue weighted by molar-refractivity contribution is -0.118. The monoisotopic (exact) mass is 460 g/mol. The van der Waals surface area contributed by atoms with Gasteiger partial charge in [-0.15, -0.1) is 10.2 Å². The van der Waals surface area contributed by atoms with Crippen LogP contribution in [0.4, 0.5) is 0 Å². The number of hydrogen-bond acceptors (Lipinski definition) is 9. The first-order chi connectivity index (χ1) is 14.7. The second kappa shape index (κ2) is 11.6. The van der Waals surface area contributed by atoms with Gasteiger partial charge in [0.2, 0.25) is 0 Å². The number of hydrazone groups is 1. The van der Waals surface area contributed by atoms with E-state index >= 15 is 0 Å². The number of carbonyl (C=O) groups is 1. The van der Waals surface area contributed by atoms with Crippen LogP contribution in [0.1, 0.15) is 18.1 Å². The number of para-hydroxylation sites is 1. The molecule has 0 aliphatic rings. The van der Waals surface area contributed by atoms with Gasteiger partial charge < -0.3 is 9.84 Å². The van der Waals surface area contributed by atoms with E-state index in [9.17, 15) is 9.90 Å². The Morgan fingerprint density at radius 2 is 1.93 bits per heavy atom. The van der Waals surface area contributed by atoms with Gasteiger partial charge in [-0.2, -0.15) is 5.10 Å². The van der Waals surface area contributed by atoms with Crippen molar-refractivity contribution >= 4 is 47.0 Å². The highest BCUT2D eigenvalue weighted by Gasteiger charge is 2.09. The van der Waals surface area contributed by atoms with E-state index < -0.39 is 0 Å². The number of phenolic OH excluding ortho intramolecular Hbond substituents is 1. The smallest absolute Gasteiger partial charge is 0.250 e. The van der Waals surface area contributed by atoms with Crippen LogP contribution >= 0.6 is 34.9 Å². The normalized spacial score (nSPS) is 11.0. The average molecular weight is 461 g/mol. The number of ether oxygens (including phenoxy) is 1. The van der Waals surface area contributed by atoms with Gasteiger partial charge in [0.15, 0.2) is 20.2 Å². The Hall–Kier alpha value is -2.56. The molecule has 156 valence electrons. The van der Waals surface area contributed by atoms with Gasteiger partial charge in [0, 0.05) is 11.3 Å². The quantitative estimate of drug-likeness (QED) is 0.266. The maximum atomic E-state index is 12.0. The Bertz CT molecular complexity index is 996. The number of aromatic nitrogens is 2. The molecule has 0 atom stereocenters. The van der Waals surface area contributed by atoms with Crippen molar-refractivity contribution in [2.24, 2.45) is 5.10 Å². The van der Waals surface area contributed by atoms with Crippen molar-refractivity contribution in [1.29, 1.82) is 0 Å². The Kier molecular flexibility index (Phi) is 8.54. The van der Waals surface area contributed by atoms with Crippen molar-refractivity contribution in [2.75, 3.05) is 12.4 Å². The van der Waals surface area contributed by atoms with Gasteiger partial charge in [-0.25, -0.2) is 5.43 Å². The Morgan fingerprint density at radius 3 is 2.70 bits per heavy atom. The topological polar surface area (TPSA) is 96.7 Å². The zero-order valence-corrected chi connectivity index (χ0v) is 18.6. The number of benzene rings is 2. The van der Waals surface area contributed by atoms with Crippen molar-refractivity contribution in [3.05, 3.63) is 59.7 Å². The summed E-state index contributed by atoms with van der Waals surface area (Å²) in [6.45, 7) is 2.28. The highest BCUT2D eigenvalue weighted by molar-refractivity contribution is 8.03. The summed E-state index contributed by atoms with van der Waals surface area (Å²) in [6, 6.07) is 15.2. The number of thioether (sulfide) groups is 2. The fraction of sp³-hybridized carbons (Fsp3) is 0.200. The van der Waals surface area contributed by atoms with E-state index in [2.05, 4.69) is 32.9 Å². The lowest BCUT2D eigenvalue weighted by atomic mass is 10.2. The molecule has 3 rings (SSSR count). The average Bonchev–Trinajstić information content (AvgIpc) is 3.22. The number of nitrogens with zero attached hydrogens (tertiary/aromatic N) is 3. The second-order valence-electron chi connectivity index (χ2n) is 5.82. The lowest BCUT2D eigenvalue weighted by Gasteiger charge is -2.07. The van der Waals surface area contributed by atoms with Gasteiger partial charge in [0.05, 0.1) is 18.6 Å². The van der Waals surface area contributed by atoms with Gasteiger partial charge in [-0.1, -0.05) is 71.3 Å². The first-order valence-electron chi connectivity index (χ1n) is 9.05. The molecule has 0 saturated heterocycles. The molecule has 7 nitrogen and oxygen atoms in total. The maximum Gasteiger partial charge on any atom is 0.250 e. The van der Waals surface area contributed by atoms with Gasteiger partial charge in [-0.05, 0) is 24.6 Å². The van der Waals surface area contributed by atoms with Gasteiger partial charge in [-0.3, -0.25) is 4.79 Å². The number of nitrogens with one attached hydrogen (secondary N) is 1. The first-order valence-corrected chi connectivity index (χ1v) is 11.8. The minimum atomic E-state index is -0.273. The molecule has 3 aromatic rings. The van der Waals surface area contributed by atoms with Crippen molar-refractivity contribution in [1.82, 2.24) is 15.6 Å². The maximum absolute atomic E-state index is 12.0. The van der Waals surface area contributed by atoms with Crippen LogP contribution in [0, 0.1) is 0 Å². The third-order valence-electron chi connectivity index (χ3n) is 3.64. The van der Waals surface area contributed by atoms with Gasteiger partial charge >= 0.3 is 0 Å². The van der Waals surface area contributed by atoms with E-state index in [0.717, 1.165) is 14.4 Å².